The maximum Gasteiger partial charge on any atom is 0.328 e. The van der Waals surface area contributed by atoms with Crippen molar-refractivity contribution in [2.24, 2.45) is 0 Å². The number of benzene rings is 1. The van der Waals surface area contributed by atoms with Crippen molar-refractivity contribution in [3.63, 3.8) is 0 Å². The van der Waals surface area contributed by atoms with Gasteiger partial charge in [-0.2, -0.15) is 0 Å². The van der Waals surface area contributed by atoms with E-state index in [2.05, 4.69) is 15.3 Å². The molecule has 0 unspecified atom stereocenters. The maximum absolute atomic E-state index is 12.2. The van der Waals surface area contributed by atoms with Gasteiger partial charge in [0.1, 0.15) is 0 Å². The summed E-state index contributed by atoms with van der Waals surface area (Å²) >= 11 is 1.33. The summed E-state index contributed by atoms with van der Waals surface area (Å²) in [6, 6.07) is 4.59. The lowest BCUT2D eigenvalue weighted by molar-refractivity contribution is 0.102. The fourth-order valence-electron chi connectivity index (χ4n) is 2.26. The van der Waals surface area contributed by atoms with E-state index < -0.39 is 5.69 Å². The van der Waals surface area contributed by atoms with Crippen LogP contribution in [-0.4, -0.2) is 20.4 Å². The second-order valence-electron chi connectivity index (χ2n) is 4.99. The Balaban J connectivity index is 2.01. The van der Waals surface area contributed by atoms with Crippen LogP contribution in [0.15, 0.2) is 33.2 Å². The number of aryl methyl sites for hydroxylation is 1. The summed E-state index contributed by atoms with van der Waals surface area (Å²) in [4.78, 5) is 43.1. The topological polar surface area (TPSA) is 96.8 Å². The highest BCUT2D eigenvalue weighted by Crippen LogP contribution is 2.16. The molecule has 2 aromatic heterocycles. The molecular weight excluding hydrogens is 316 g/mol. The normalized spacial score (nSPS) is 10.9. The number of aromatic amines is 1. The van der Waals surface area contributed by atoms with Crippen LogP contribution in [0.2, 0.25) is 0 Å². The average Bonchev–Trinajstić information content (AvgIpc) is 2.92. The van der Waals surface area contributed by atoms with Crippen molar-refractivity contribution in [2.45, 2.75) is 20.4 Å². The second kappa shape index (κ2) is 5.81. The molecule has 23 heavy (non-hydrogen) atoms. The fraction of sp³-hybridized carbons (Fsp3) is 0.200. The van der Waals surface area contributed by atoms with Gasteiger partial charge in [-0.3, -0.25) is 19.5 Å². The van der Waals surface area contributed by atoms with Crippen LogP contribution >= 0.6 is 11.3 Å². The summed E-state index contributed by atoms with van der Waals surface area (Å²) in [5, 5.41) is 5.39. The molecular formula is C15H14N4O3S. The van der Waals surface area contributed by atoms with E-state index in [4.69, 9.17) is 0 Å². The second-order valence-corrected chi connectivity index (χ2v) is 5.85. The number of thiazole rings is 1. The molecule has 2 heterocycles. The van der Waals surface area contributed by atoms with Crippen LogP contribution in [0.4, 0.5) is 5.13 Å². The Bertz CT molecular complexity index is 1020. The third kappa shape index (κ3) is 2.80. The van der Waals surface area contributed by atoms with Gasteiger partial charge in [0.05, 0.1) is 16.6 Å². The van der Waals surface area contributed by atoms with Gasteiger partial charge in [0.2, 0.25) is 0 Å². The van der Waals surface area contributed by atoms with Gasteiger partial charge in [0.15, 0.2) is 5.13 Å². The highest BCUT2D eigenvalue weighted by atomic mass is 32.1. The molecule has 2 N–H and O–H groups in total. The molecule has 0 aliphatic carbocycles. The minimum absolute atomic E-state index is 0.287. The minimum atomic E-state index is -0.488. The van der Waals surface area contributed by atoms with Crippen molar-refractivity contribution >= 4 is 33.3 Å². The monoisotopic (exact) mass is 330 g/mol. The average molecular weight is 330 g/mol. The Morgan fingerprint density at radius 1 is 1.39 bits per heavy atom. The van der Waals surface area contributed by atoms with Crippen LogP contribution in [0.25, 0.3) is 10.9 Å². The van der Waals surface area contributed by atoms with E-state index in [0.29, 0.717) is 21.6 Å². The van der Waals surface area contributed by atoms with Gasteiger partial charge < -0.3 is 4.98 Å². The Kier molecular flexibility index (Phi) is 3.83. The van der Waals surface area contributed by atoms with Crippen molar-refractivity contribution in [3.8, 4) is 0 Å². The first-order valence-corrected chi connectivity index (χ1v) is 7.88. The number of aromatic nitrogens is 3. The van der Waals surface area contributed by atoms with Gasteiger partial charge in [-0.05, 0) is 32.0 Å². The summed E-state index contributed by atoms with van der Waals surface area (Å²) in [6.07, 6.45) is 0. The molecule has 8 heteroatoms. The summed E-state index contributed by atoms with van der Waals surface area (Å²) in [6.45, 7) is 3.85. The van der Waals surface area contributed by atoms with E-state index in [1.54, 1.807) is 19.1 Å². The number of anilines is 1. The number of rotatable bonds is 3. The van der Waals surface area contributed by atoms with Crippen LogP contribution in [-0.2, 0) is 6.54 Å². The lowest BCUT2D eigenvalue weighted by Crippen LogP contribution is -2.34. The van der Waals surface area contributed by atoms with Crippen LogP contribution in [0.3, 0.4) is 0 Å². The Morgan fingerprint density at radius 2 is 2.17 bits per heavy atom. The Hall–Kier alpha value is -2.74. The van der Waals surface area contributed by atoms with Crippen LogP contribution in [0.1, 0.15) is 23.0 Å². The van der Waals surface area contributed by atoms with E-state index in [1.807, 2.05) is 12.3 Å². The SMILES string of the molecule is CCn1c(=O)[nH]c2cc(C(=O)Nc3nc(C)cs3)ccc2c1=O. The van der Waals surface area contributed by atoms with Crippen LogP contribution in [0, 0.1) is 6.92 Å². The van der Waals surface area contributed by atoms with E-state index in [9.17, 15) is 14.4 Å². The van der Waals surface area contributed by atoms with E-state index >= 15 is 0 Å². The molecule has 0 saturated heterocycles. The minimum Gasteiger partial charge on any atom is -0.307 e. The molecule has 0 fully saturated rings. The molecule has 0 atom stereocenters. The Morgan fingerprint density at radius 3 is 2.83 bits per heavy atom. The van der Waals surface area contributed by atoms with Crippen molar-refractivity contribution in [3.05, 3.63) is 55.7 Å². The first kappa shape index (κ1) is 15.2. The predicted octanol–water partition coefficient (Wildman–Crippen LogP) is 1.73. The number of hydrogen-bond donors (Lipinski definition) is 2. The quantitative estimate of drug-likeness (QED) is 0.764. The number of nitrogens with one attached hydrogen (secondary N) is 2. The molecule has 0 saturated carbocycles. The molecule has 0 spiro atoms. The van der Waals surface area contributed by atoms with E-state index in [1.165, 1.54) is 17.4 Å². The molecule has 0 bridgehead atoms. The molecule has 3 aromatic rings. The first-order valence-electron chi connectivity index (χ1n) is 7.00. The molecule has 0 radical (unpaired) electrons. The summed E-state index contributed by atoms with van der Waals surface area (Å²) in [7, 11) is 0. The number of H-pyrrole nitrogens is 1. The Labute approximate surface area is 134 Å². The molecule has 0 aliphatic rings. The van der Waals surface area contributed by atoms with E-state index in [-0.39, 0.29) is 18.0 Å². The first-order chi connectivity index (χ1) is 11.0. The number of amides is 1. The predicted molar refractivity (Wildman–Crippen MR) is 89.3 cm³/mol. The molecule has 0 aliphatic heterocycles. The number of carbonyl (C=O) groups is 1. The number of hydrogen-bond acceptors (Lipinski definition) is 5. The third-order valence-corrected chi connectivity index (χ3v) is 4.28. The van der Waals surface area contributed by atoms with Gasteiger partial charge in [-0.25, -0.2) is 9.78 Å². The number of nitrogens with zero attached hydrogens (tertiary/aromatic N) is 2. The van der Waals surface area contributed by atoms with Crippen molar-refractivity contribution in [2.75, 3.05) is 5.32 Å². The van der Waals surface area contributed by atoms with E-state index in [0.717, 1.165) is 10.3 Å². The summed E-state index contributed by atoms with van der Waals surface area (Å²) in [5.41, 5.74) is 0.655. The van der Waals surface area contributed by atoms with Crippen molar-refractivity contribution in [1.82, 2.24) is 14.5 Å². The van der Waals surface area contributed by atoms with Crippen LogP contribution in [0.5, 0.6) is 0 Å². The van der Waals surface area contributed by atoms with Gasteiger partial charge >= 0.3 is 5.69 Å². The summed E-state index contributed by atoms with van der Waals surface area (Å²) in [5.74, 6) is -0.346. The zero-order chi connectivity index (χ0) is 16.6. The highest BCUT2D eigenvalue weighted by molar-refractivity contribution is 7.13. The van der Waals surface area contributed by atoms with Gasteiger partial charge in [-0.1, -0.05) is 0 Å². The molecule has 118 valence electrons. The maximum atomic E-state index is 12.2. The zero-order valence-corrected chi connectivity index (χ0v) is 13.4. The van der Waals surface area contributed by atoms with Gasteiger partial charge in [-0.15, -0.1) is 11.3 Å². The lowest BCUT2D eigenvalue weighted by atomic mass is 10.1. The standard InChI is InChI=1S/C15H14N4O3S/c1-3-19-13(21)10-5-4-9(6-11(10)17-15(19)22)12(20)18-14-16-8(2)7-23-14/h4-7H,3H2,1-2H3,(H,17,22)(H,16,18,20). The fourth-order valence-corrected chi connectivity index (χ4v) is 2.95. The zero-order valence-electron chi connectivity index (χ0n) is 12.5. The summed E-state index contributed by atoms with van der Waals surface area (Å²) < 4.78 is 1.11. The molecule has 7 nitrogen and oxygen atoms in total. The third-order valence-electron chi connectivity index (χ3n) is 3.40. The van der Waals surface area contributed by atoms with Gasteiger partial charge in [0, 0.05) is 17.5 Å². The van der Waals surface area contributed by atoms with Gasteiger partial charge in [0.25, 0.3) is 11.5 Å². The smallest absolute Gasteiger partial charge is 0.307 e. The highest BCUT2D eigenvalue weighted by Gasteiger charge is 2.12. The van der Waals surface area contributed by atoms with Crippen LogP contribution < -0.4 is 16.6 Å². The lowest BCUT2D eigenvalue weighted by Gasteiger charge is -2.06. The van der Waals surface area contributed by atoms with Crippen molar-refractivity contribution in [1.29, 1.82) is 0 Å². The molecule has 1 aromatic carbocycles. The molecule has 1 amide bonds. The number of fused-ring (bicyclic) bond motifs is 1. The number of carbonyl (C=O) groups excluding carboxylic acids is 1. The largest absolute Gasteiger partial charge is 0.328 e. The molecule has 3 rings (SSSR count). The van der Waals surface area contributed by atoms with Crippen molar-refractivity contribution < 1.29 is 4.79 Å².